The van der Waals surface area contributed by atoms with Crippen molar-refractivity contribution in [3.8, 4) is 22.8 Å². The van der Waals surface area contributed by atoms with Crippen molar-refractivity contribution in [3.05, 3.63) is 48.4 Å². The Balaban J connectivity index is 1.47. The summed E-state index contributed by atoms with van der Waals surface area (Å²) < 4.78 is 27.5. The number of hydrogen-bond donors (Lipinski definition) is 2. The Morgan fingerprint density at radius 2 is 2.07 bits per heavy atom. The molecule has 0 aliphatic heterocycles. The number of aromatic nitrogens is 2. The predicted molar refractivity (Wildman–Crippen MR) is 105 cm³/mol. The van der Waals surface area contributed by atoms with E-state index < -0.39 is 18.0 Å². The third kappa shape index (κ3) is 4.77. The highest BCUT2D eigenvalue weighted by Crippen LogP contribution is 2.30. The van der Waals surface area contributed by atoms with Gasteiger partial charge >= 0.3 is 6.09 Å². The van der Waals surface area contributed by atoms with Crippen LogP contribution in [-0.4, -0.2) is 40.1 Å². The van der Waals surface area contributed by atoms with Crippen molar-refractivity contribution in [2.45, 2.75) is 25.8 Å². The molecule has 1 saturated carbocycles. The van der Waals surface area contributed by atoms with Gasteiger partial charge in [0.05, 0.1) is 30.1 Å². The first-order chi connectivity index (χ1) is 14.0. The number of carboxylic acid groups (broad SMARTS) is 1. The molecule has 4 rings (SSSR count). The Hall–Kier alpha value is -3.29. The number of halogens is 1. The van der Waals surface area contributed by atoms with E-state index in [0.29, 0.717) is 22.9 Å². The van der Waals surface area contributed by atoms with Crippen LogP contribution in [-0.2, 0) is 0 Å². The summed E-state index contributed by atoms with van der Waals surface area (Å²) in [6.07, 6.45) is 3.12. The van der Waals surface area contributed by atoms with Gasteiger partial charge in [0.25, 0.3) is 0 Å². The monoisotopic (exact) mass is 399 g/mol. The minimum absolute atomic E-state index is 0.100. The first kappa shape index (κ1) is 19.0. The fraction of sp³-hybridized carbons (Fsp3) is 0.333. The van der Waals surface area contributed by atoms with Crippen LogP contribution in [0.25, 0.3) is 16.8 Å². The summed E-state index contributed by atoms with van der Waals surface area (Å²) in [7, 11) is 0. The predicted octanol–water partition coefficient (Wildman–Crippen LogP) is 3.96. The van der Waals surface area contributed by atoms with Crippen molar-refractivity contribution < 1.29 is 23.8 Å². The standard InChI is InChI=1S/C21H22FN3O4/c1-13(23-21(26)27)11-28-16-6-7-18(19(22)9-16)20-8-15-4-5-17(10-25(15)24-20)29-12-14-2-3-14/h4-10,13-14,23H,2-3,11-12H2,1H3,(H,26,27)/t13-/m0/s1. The highest BCUT2D eigenvalue weighted by atomic mass is 19.1. The summed E-state index contributed by atoms with van der Waals surface area (Å²) in [6, 6.07) is 9.70. The summed E-state index contributed by atoms with van der Waals surface area (Å²) in [5.41, 5.74) is 1.71. The number of nitrogens with one attached hydrogen (secondary N) is 1. The molecular formula is C21H22FN3O4. The molecule has 2 aromatic heterocycles. The Morgan fingerprint density at radius 1 is 1.28 bits per heavy atom. The van der Waals surface area contributed by atoms with Crippen molar-refractivity contribution in [3.63, 3.8) is 0 Å². The maximum Gasteiger partial charge on any atom is 0.404 e. The van der Waals surface area contributed by atoms with Gasteiger partial charge in [-0.1, -0.05) is 0 Å². The molecule has 1 aliphatic carbocycles. The molecule has 3 aromatic rings. The van der Waals surface area contributed by atoms with Gasteiger partial charge in [-0.15, -0.1) is 0 Å². The minimum atomic E-state index is -1.13. The zero-order chi connectivity index (χ0) is 20.4. The highest BCUT2D eigenvalue weighted by molar-refractivity contribution is 5.67. The molecule has 1 atom stereocenters. The smallest absolute Gasteiger partial charge is 0.404 e. The van der Waals surface area contributed by atoms with E-state index >= 15 is 0 Å². The fourth-order valence-electron chi connectivity index (χ4n) is 2.95. The Bertz CT molecular complexity index is 1030. The van der Waals surface area contributed by atoms with Gasteiger partial charge in [-0.25, -0.2) is 13.7 Å². The lowest BCUT2D eigenvalue weighted by Gasteiger charge is -2.13. The summed E-state index contributed by atoms with van der Waals surface area (Å²) in [5, 5.41) is 15.4. The molecule has 0 saturated heterocycles. The van der Waals surface area contributed by atoms with Crippen LogP contribution in [0.4, 0.5) is 9.18 Å². The summed E-state index contributed by atoms with van der Waals surface area (Å²) >= 11 is 0. The van der Waals surface area contributed by atoms with Crippen LogP contribution < -0.4 is 14.8 Å². The lowest BCUT2D eigenvalue weighted by atomic mass is 10.1. The number of fused-ring (bicyclic) bond motifs is 1. The number of benzene rings is 1. The normalized spacial score (nSPS) is 14.6. The molecule has 2 N–H and O–H groups in total. The van der Waals surface area contributed by atoms with E-state index in [1.165, 1.54) is 18.9 Å². The first-order valence-electron chi connectivity index (χ1n) is 9.52. The Labute approximate surface area is 167 Å². The Kier molecular flexibility index (Phi) is 5.24. The van der Waals surface area contributed by atoms with Gasteiger partial charge < -0.3 is 19.9 Å². The third-order valence-electron chi connectivity index (χ3n) is 4.70. The lowest BCUT2D eigenvalue weighted by Crippen LogP contribution is -2.35. The van der Waals surface area contributed by atoms with Crippen molar-refractivity contribution in [2.75, 3.05) is 13.2 Å². The molecule has 0 radical (unpaired) electrons. The van der Waals surface area contributed by atoms with Crippen molar-refractivity contribution in [1.82, 2.24) is 14.9 Å². The molecule has 7 nitrogen and oxygen atoms in total. The topological polar surface area (TPSA) is 85.1 Å². The number of nitrogens with zero attached hydrogens (tertiary/aromatic N) is 2. The maximum atomic E-state index is 14.6. The van der Waals surface area contributed by atoms with Crippen LogP contribution >= 0.6 is 0 Å². The number of ether oxygens (including phenoxy) is 2. The molecule has 29 heavy (non-hydrogen) atoms. The summed E-state index contributed by atoms with van der Waals surface area (Å²) in [4.78, 5) is 10.6. The lowest BCUT2D eigenvalue weighted by molar-refractivity contribution is 0.183. The minimum Gasteiger partial charge on any atom is -0.492 e. The SMILES string of the molecule is C[C@@H](COc1ccc(-c2cc3ccc(OCC4CC4)cn3n2)c(F)c1)NC(=O)O. The van der Waals surface area contributed by atoms with Crippen molar-refractivity contribution in [2.24, 2.45) is 5.92 Å². The van der Waals surface area contributed by atoms with E-state index in [0.717, 1.165) is 17.9 Å². The van der Waals surface area contributed by atoms with E-state index in [4.69, 9.17) is 14.6 Å². The number of pyridine rings is 1. The molecule has 152 valence electrons. The van der Waals surface area contributed by atoms with E-state index in [1.54, 1.807) is 29.8 Å². The van der Waals surface area contributed by atoms with Gasteiger partial charge in [0.15, 0.2) is 0 Å². The second-order valence-corrected chi connectivity index (χ2v) is 7.32. The molecule has 1 aromatic carbocycles. The highest BCUT2D eigenvalue weighted by Gasteiger charge is 2.22. The molecule has 1 fully saturated rings. The third-order valence-corrected chi connectivity index (χ3v) is 4.70. The first-order valence-corrected chi connectivity index (χ1v) is 9.52. The average Bonchev–Trinajstić information content (AvgIpc) is 3.41. The molecular weight excluding hydrogens is 377 g/mol. The van der Waals surface area contributed by atoms with Gasteiger partial charge in [0.1, 0.15) is 23.9 Å². The zero-order valence-electron chi connectivity index (χ0n) is 16.0. The molecule has 1 amide bonds. The van der Waals surface area contributed by atoms with Crippen molar-refractivity contribution in [1.29, 1.82) is 0 Å². The van der Waals surface area contributed by atoms with Crippen LogP contribution in [0.3, 0.4) is 0 Å². The number of carbonyl (C=O) groups is 1. The van der Waals surface area contributed by atoms with E-state index in [-0.39, 0.29) is 6.61 Å². The number of hydrogen-bond acceptors (Lipinski definition) is 4. The van der Waals surface area contributed by atoms with Crippen LogP contribution in [0.15, 0.2) is 42.6 Å². The zero-order valence-corrected chi connectivity index (χ0v) is 16.0. The average molecular weight is 399 g/mol. The van der Waals surface area contributed by atoms with Gasteiger partial charge in [-0.3, -0.25) is 0 Å². The van der Waals surface area contributed by atoms with E-state index in [9.17, 15) is 9.18 Å². The fourth-order valence-corrected chi connectivity index (χ4v) is 2.95. The summed E-state index contributed by atoms with van der Waals surface area (Å²) in [6.45, 7) is 2.48. The molecule has 2 heterocycles. The van der Waals surface area contributed by atoms with Crippen LogP contribution in [0, 0.1) is 11.7 Å². The van der Waals surface area contributed by atoms with Gasteiger partial charge in [0.2, 0.25) is 0 Å². The Morgan fingerprint density at radius 3 is 2.79 bits per heavy atom. The van der Waals surface area contributed by atoms with Gasteiger partial charge in [-0.2, -0.15) is 5.10 Å². The largest absolute Gasteiger partial charge is 0.492 e. The van der Waals surface area contributed by atoms with Gasteiger partial charge in [-0.05, 0) is 56.0 Å². The van der Waals surface area contributed by atoms with Gasteiger partial charge in [0, 0.05) is 11.6 Å². The van der Waals surface area contributed by atoms with Crippen LogP contribution in [0.5, 0.6) is 11.5 Å². The van der Waals surface area contributed by atoms with Crippen molar-refractivity contribution >= 4 is 11.6 Å². The number of rotatable bonds is 8. The number of amides is 1. The van der Waals surface area contributed by atoms with E-state index in [1.807, 2.05) is 18.2 Å². The van der Waals surface area contributed by atoms with Crippen LogP contribution in [0.2, 0.25) is 0 Å². The molecule has 0 unspecified atom stereocenters. The molecule has 0 spiro atoms. The molecule has 8 heteroatoms. The maximum absolute atomic E-state index is 14.6. The molecule has 1 aliphatic rings. The quantitative estimate of drug-likeness (QED) is 0.599. The molecule has 0 bridgehead atoms. The second kappa shape index (κ2) is 7.98. The second-order valence-electron chi connectivity index (χ2n) is 7.32. The summed E-state index contributed by atoms with van der Waals surface area (Å²) in [5.74, 6) is 1.27. The van der Waals surface area contributed by atoms with E-state index in [2.05, 4.69) is 10.4 Å². The van der Waals surface area contributed by atoms with Crippen LogP contribution in [0.1, 0.15) is 19.8 Å².